The highest BCUT2D eigenvalue weighted by Crippen LogP contribution is 2.32. The van der Waals surface area contributed by atoms with Crippen molar-refractivity contribution in [1.29, 1.82) is 0 Å². The van der Waals surface area contributed by atoms with E-state index in [4.69, 9.17) is 5.73 Å². The van der Waals surface area contributed by atoms with Crippen LogP contribution in [0.5, 0.6) is 0 Å². The molecular formula is C12H9F3N4O2. The number of nitrogen functional groups attached to an aromatic ring is 1. The van der Waals surface area contributed by atoms with Crippen molar-refractivity contribution in [2.45, 2.75) is 6.18 Å². The molecule has 0 aliphatic carbocycles. The van der Waals surface area contributed by atoms with Crippen LogP contribution >= 0.6 is 0 Å². The number of benzene rings is 1. The van der Waals surface area contributed by atoms with Crippen molar-refractivity contribution in [2.24, 2.45) is 0 Å². The molecule has 2 rings (SSSR count). The minimum atomic E-state index is -4.51. The van der Waals surface area contributed by atoms with Gasteiger partial charge in [-0.25, -0.2) is 4.98 Å². The third kappa shape index (κ3) is 3.38. The lowest BCUT2D eigenvalue weighted by atomic mass is 10.2. The quantitative estimate of drug-likeness (QED) is 0.669. The summed E-state index contributed by atoms with van der Waals surface area (Å²) in [6, 6.07) is 6.60. The molecule has 0 saturated heterocycles. The molecule has 110 valence electrons. The number of anilines is 3. The molecule has 0 aliphatic heterocycles. The molecule has 0 bridgehead atoms. The molecule has 0 aliphatic rings. The molecule has 1 heterocycles. The first kappa shape index (κ1) is 14.6. The number of aromatic nitrogens is 1. The number of nitrogens with one attached hydrogen (secondary N) is 1. The van der Waals surface area contributed by atoms with Crippen LogP contribution in [0.4, 0.5) is 36.2 Å². The lowest BCUT2D eigenvalue weighted by Gasteiger charge is -2.10. The Bertz CT molecular complexity index is 688. The molecule has 21 heavy (non-hydrogen) atoms. The van der Waals surface area contributed by atoms with Crippen molar-refractivity contribution in [3.8, 4) is 0 Å². The van der Waals surface area contributed by atoms with Gasteiger partial charge in [-0.2, -0.15) is 13.2 Å². The van der Waals surface area contributed by atoms with Crippen LogP contribution in [0.1, 0.15) is 5.56 Å². The van der Waals surface area contributed by atoms with E-state index in [0.717, 1.165) is 18.2 Å². The molecule has 0 fully saturated rings. The maximum absolute atomic E-state index is 12.6. The average Bonchev–Trinajstić information content (AvgIpc) is 2.37. The molecule has 3 N–H and O–H groups in total. The molecule has 1 aromatic heterocycles. The summed E-state index contributed by atoms with van der Waals surface area (Å²) < 4.78 is 37.8. The van der Waals surface area contributed by atoms with Crippen LogP contribution in [0.25, 0.3) is 0 Å². The average molecular weight is 298 g/mol. The van der Waals surface area contributed by atoms with E-state index in [1.165, 1.54) is 18.2 Å². The van der Waals surface area contributed by atoms with E-state index in [0.29, 0.717) is 0 Å². The lowest BCUT2D eigenvalue weighted by molar-refractivity contribution is -0.384. The minimum absolute atomic E-state index is 0.00933. The number of halogens is 3. The number of nitro groups is 1. The smallest absolute Gasteiger partial charge is 0.384 e. The number of rotatable bonds is 3. The number of hydrogen-bond acceptors (Lipinski definition) is 5. The Balaban J connectivity index is 2.39. The van der Waals surface area contributed by atoms with E-state index < -0.39 is 16.7 Å². The topological polar surface area (TPSA) is 94.1 Å². The van der Waals surface area contributed by atoms with E-state index in [9.17, 15) is 23.3 Å². The first-order valence-electron chi connectivity index (χ1n) is 5.62. The zero-order valence-corrected chi connectivity index (χ0v) is 10.4. The van der Waals surface area contributed by atoms with Crippen molar-refractivity contribution >= 4 is 23.0 Å². The van der Waals surface area contributed by atoms with Crippen LogP contribution in [-0.2, 0) is 6.18 Å². The molecule has 0 atom stereocenters. The van der Waals surface area contributed by atoms with Gasteiger partial charge in [0, 0.05) is 11.8 Å². The Morgan fingerprint density at radius 2 is 1.95 bits per heavy atom. The van der Waals surface area contributed by atoms with Gasteiger partial charge in [0.15, 0.2) is 0 Å². The fourth-order valence-corrected chi connectivity index (χ4v) is 1.62. The second-order valence-electron chi connectivity index (χ2n) is 4.06. The molecule has 9 heteroatoms. The maximum atomic E-state index is 12.6. The summed E-state index contributed by atoms with van der Waals surface area (Å²) in [5, 5.41) is 13.3. The van der Waals surface area contributed by atoms with E-state index in [1.54, 1.807) is 0 Å². The second-order valence-corrected chi connectivity index (χ2v) is 4.06. The molecule has 0 radical (unpaired) electrons. The zero-order chi connectivity index (χ0) is 15.6. The maximum Gasteiger partial charge on any atom is 0.416 e. The lowest BCUT2D eigenvalue weighted by Crippen LogP contribution is -2.06. The molecule has 0 spiro atoms. The van der Waals surface area contributed by atoms with Crippen molar-refractivity contribution in [2.75, 3.05) is 11.1 Å². The molecular weight excluding hydrogens is 289 g/mol. The van der Waals surface area contributed by atoms with Gasteiger partial charge < -0.3 is 11.1 Å². The Kier molecular flexibility index (Phi) is 3.66. The van der Waals surface area contributed by atoms with E-state index in [-0.39, 0.29) is 23.0 Å². The molecule has 0 unspecified atom stereocenters. The minimum Gasteiger partial charge on any atom is -0.384 e. The van der Waals surface area contributed by atoms with Crippen molar-refractivity contribution in [3.05, 3.63) is 52.1 Å². The van der Waals surface area contributed by atoms with Crippen LogP contribution < -0.4 is 11.1 Å². The van der Waals surface area contributed by atoms with Gasteiger partial charge in [0.25, 0.3) is 0 Å². The first-order chi connectivity index (χ1) is 9.77. The number of alkyl halides is 3. The van der Waals surface area contributed by atoms with Gasteiger partial charge in [-0.3, -0.25) is 10.1 Å². The van der Waals surface area contributed by atoms with E-state index in [1.807, 2.05) is 0 Å². The summed E-state index contributed by atoms with van der Waals surface area (Å²) in [7, 11) is 0. The highest BCUT2D eigenvalue weighted by Gasteiger charge is 2.30. The van der Waals surface area contributed by atoms with Crippen LogP contribution in [0.2, 0.25) is 0 Å². The predicted octanol–water partition coefficient (Wildman–Crippen LogP) is 3.33. The Hall–Kier alpha value is -2.84. The molecule has 0 amide bonds. The number of hydrogen-bond donors (Lipinski definition) is 2. The fraction of sp³-hybridized carbons (Fsp3) is 0.0833. The van der Waals surface area contributed by atoms with Crippen LogP contribution in [0, 0.1) is 10.1 Å². The van der Waals surface area contributed by atoms with Crippen LogP contribution in [0.3, 0.4) is 0 Å². The first-order valence-corrected chi connectivity index (χ1v) is 5.62. The SMILES string of the molecule is Nc1ccc([N+](=O)[O-])c(Nc2cccc(C(F)(F)F)c2)n1. The van der Waals surface area contributed by atoms with Gasteiger partial charge in [0.1, 0.15) is 5.82 Å². The normalized spacial score (nSPS) is 11.2. The van der Waals surface area contributed by atoms with Gasteiger partial charge in [-0.05, 0) is 24.3 Å². The number of pyridine rings is 1. The standard InChI is InChI=1S/C12H9F3N4O2/c13-12(14,15)7-2-1-3-8(6-7)17-11-9(19(20)21)4-5-10(16)18-11/h1-6H,(H3,16,17,18). The summed E-state index contributed by atoms with van der Waals surface area (Å²) in [6.45, 7) is 0. The second kappa shape index (κ2) is 5.27. The summed E-state index contributed by atoms with van der Waals surface area (Å²) in [5.74, 6) is -0.214. The monoisotopic (exact) mass is 298 g/mol. The summed E-state index contributed by atoms with van der Waals surface area (Å²) in [4.78, 5) is 13.9. The Morgan fingerprint density at radius 1 is 1.24 bits per heavy atom. The molecule has 1 aromatic carbocycles. The van der Waals surface area contributed by atoms with E-state index in [2.05, 4.69) is 10.3 Å². The highest BCUT2D eigenvalue weighted by molar-refractivity contribution is 5.67. The third-order valence-electron chi connectivity index (χ3n) is 2.54. The summed E-state index contributed by atoms with van der Waals surface area (Å²) in [5.41, 5.74) is 4.18. The number of nitrogens with two attached hydrogens (primary N) is 1. The highest BCUT2D eigenvalue weighted by atomic mass is 19.4. The largest absolute Gasteiger partial charge is 0.416 e. The molecule has 2 aromatic rings. The van der Waals surface area contributed by atoms with Gasteiger partial charge in [-0.1, -0.05) is 6.07 Å². The van der Waals surface area contributed by atoms with Crippen LogP contribution in [0.15, 0.2) is 36.4 Å². The van der Waals surface area contributed by atoms with Gasteiger partial charge in [-0.15, -0.1) is 0 Å². The summed E-state index contributed by atoms with van der Waals surface area (Å²) in [6.07, 6.45) is -4.51. The third-order valence-corrected chi connectivity index (χ3v) is 2.54. The van der Waals surface area contributed by atoms with Crippen molar-refractivity contribution < 1.29 is 18.1 Å². The zero-order valence-electron chi connectivity index (χ0n) is 10.4. The van der Waals surface area contributed by atoms with Crippen molar-refractivity contribution in [3.63, 3.8) is 0 Å². The molecule has 0 saturated carbocycles. The number of nitrogens with zero attached hydrogens (tertiary/aromatic N) is 2. The summed E-state index contributed by atoms with van der Waals surface area (Å²) >= 11 is 0. The van der Waals surface area contributed by atoms with Crippen LogP contribution in [-0.4, -0.2) is 9.91 Å². The van der Waals surface area contributed by atoms with Gasteiger partial charge in [0.2, 0.25) is 5.82 Å². The van der Waals surface area contributed by atoms with Gasteiger partial charge >= 0.3 is 11.9 Å². The Morgan fingerprint density at radius 3 is 2.57 bits per heavy atom. The fourth-order valence-electron chi connectivity index (χ4n) is 1.62. The molecule has 6 nitrogen and oxygen atoms in total. The predicted molar refractivity (Wildman–Crippen MR) is 70.0 cm³/mol. The van der Waals surface area contributed by atoms with Gasteiger partial charge in [0.05, 0.1) is 10.5 Å². The van der Waals surface area contributed by atoms with E-state index >= 15 is 0 Å². The Labute approximate surface area is 116 Å². The van der Waals surface area contributed by atoms with Crippen molar-refractivity contribution in [1.82, 2.24) is 4.98 Å².